The maximum atomic E-state index is 12.8. The van der Waals surface area contributed by atoms with Gasteiger partial charge in [0, 0.05) is 24.0 Å². The number of carbonyl (C=O) groups is 1. The Balaban J connectivity index is 0.00000280. The second-order valence-corrected chi connectivity index (χ2v) is 8.21. The first-order chi connectivity index (χ1) is 13.1. The molecular weight excluding hydrogens is 394 g/mol. The number of piperidine rings is 1. The summed E-state index contributed by atoms with van der Waals surface area (Å²) in [4.78, 5) is 19.3. The van der Waals surface area contributed by atoms with E-state index in [1.54, 1.807) is 0 Å². The molecule has 1 fully saturated rings. The Bertz CT molecular complexity index is 740. The average Bonchev–Trinajstić information content (AvgIpc) is 3.16. The third kappa shape index (κ3) is 5.93. The Morgan fingerprint density at radius 2 is 1.96 bits per heavy atom. The van der Waals surface area contributed by atoms with Crippen molar-refractivity contribution < 1.29 is 9.53 Å². The fraction of sp³-hybridized carbons (Fsp3) is 0.524. The van der Waals surface area contributed by atoms with E-state index in [0.29, 0.717) is 5.69 Å². The van der Waals surface area contributed by atoms with Gasteiger partial charge in [0.1, 0.15) is 16.5 Å². The molecule has 0 unspecified atom stereocenters. The van der Waals surface area contributed by atoms with Crippen LogP contribution in [0.3, 0.4) is 0 Å². The molecule has 154 valence electrons. The zero-order valence-electron chi connectivity index (χ0n) is 16.8. The summed E-state index contributed by atoms with van der Waals surface area (Å²) in [5.74, 6) is 1.63. The zero-order chi connectivity index (χ0) is 19.2. The molecular formula is C21H30ClN3O2S. The molecule has 1 aromatic heterocycles. The molecule has 1 aliphatic heterocycles. The van der Waals surface area contributed by atoms with Gasteiger partial charge in [-0.2, -0.15) is 0 Å². The first-order valence-corrected chi connectivity index (χ1v) is 10.6. The lowest BCUT2D eigenvalue weighted by molar-refractivity contribution is 0.0682. The molecule has 1 saturated heterocycles. The highest BCUT2D eigenvalue weighted by Crippen LogP contribution is 2.27. The van der Waals surface area contributed by atoms with Gasteiger partial charge in [-0.25, -0.2) is 4.98 Å². The molecule has 2 aromatic rings. The van der Waals surface area contributed by atoms with Gasteiger partial charge in [-0.1, -0.05) is 0 Å². The number of likely N-dealkylation sites (tertiary alicyclic amines) is 1. The van der Waals surface area contributed by atoms with Gasteiger partial charge < -0.3 is 15.0 Å². The topological polar surface area (TPSA) is 54.5 Å². The Morgan fingerprint density at radius 3 is 2.57 bits per heavy atom. The van der Waals surface area contributed by atoms with E-state index in [9.17, 15) is 4.79 Å². The standard InChI is InChI=1S/C21H29N3O2S.ClH/c1-15(2)26-18-6-4-17(5-7-18)20-23-19(14-27-20)21(25)24-12-9-16(10-13-24)8-11-22-3;/h4-7,14-16,22H,8-13H2,1-3H3;1H. The van der Waals surface area contributed by atoms with Crippen LogP contribution in [0.1, 0.15) is 43.6 Å². The van der Waals surface area contributed by atoms with E-state index in [1.165, 1.54) is 17.8 Å². The molecule has 28 heavy (non-hydrogen) atoms. The predicted molar refractivity (Wildman–Crippen MR) is 118 cm³/mol. The highest BCUT2D eigenvalue weighted by Gasteiger charge is 2.25. The van der Waals surface area contributed by atoms with Gasteiger partial charge in [0.05, 0.1) is 6.10 Å². The molecule has 0 bridgehead atoms. The van der Waals surface area contributed by atoms with Crippen molar-refractivity contribution in [1.29, 1.82) is 0 Å². The highest BCUT2D eigenvalue weighted by molar-refractivity contribution is 7.13. The number of nitrogens with zero attached hydrogens (tertiary/aromatic N) is 2. The summed E-state index contributed by atoms with van der Waals surface area (Å²) in [6.45, 7) is 6.74. The van der Waals surface area contributed by atoms with Crippen molar-refractivity contribution in [3.8, 4) is 16.3 Å². The van der Waals surface area contributed by atoms with Crippen LogP contribution in [0.2, 0.25) is 0 Å². The number of ether oxygens (including phenoxy) is 1. The largest absolute Gasteiger partial charge is 0.491 e. The second kappa shape index (κ2) is 10.8. The van der Waals surface area contributed by atoms with E-state index in [4.69, 9.17) is 4.74 Å². The number of nitrogens with one attached hydrogen (secondary N) is 1. The van der Waals surface area contributed by atoms with Crippen molar-refractivity contribution in [1.82, 2.24) is 15.2 Å². The van der Waals surface area contributed by atoms with Crippen LogP contribution in [0.15, 0.2) is 29.6 Å². The molecule has 0 atom stereocenters. The van der Waals surface area contributed by atoms with Crippen molar-refractivity contribution >= 4 is 29.7 Å². The fourth-order valence-corrected chi connectivity index (χ4v) is 4.19. The molecule has 0 radical (unpaired) electrons. The van der Waals surface area contributed by atoms with E-state index in [-0.39, 0.29) is 24.4 Å². The molecule has 0 aliphatic carbocycles. The first kappa shape index (κ1) is 22.7. The number of halogens is 1. The predicted octanol–water partition coefficient (Wildman–Crippen LogP) is 4.48. The molecule has 3 rings (SSSR count). The van der Waals surface area contributed by atoms with Crippen LogP contribution in [0.5, 0.6) is 5.75 Å². The maximum absolute atomic E-state index is 12.8. The van der Waals surface area contributed by atoms with Crippen LogP contribution < -0.4 is 10.1 Å². The number of thiazole rings is 1. The van der Waals surface area contributed by atoms with E-state index in [0.717, 1.165) is 54.7 Å². The smallest absolute Gasteiger partial charge is 0.273 e. The first-order valence-electron chi connectivity index (χ1n) is 9.73. The minimum Gasteiger partial charge on any atom is -0.491 e. The van der Waals surface area contributed by atoms with Crippen molar-refractivity contribution in [3.05, 3.63) is 35.3 Å². The van der Waals surface area contributed by atoms with Crippen LogP contribution in [-0.4, -0.2) is 48.6 Å². The molecule has 1 N–H and O–H groups in total. The minimum atomic E-state index is 0. The lowest BCUT2D eigenvalue weighted by Gasteiger charge is -2.31. The Morgan fingerprint density at radius 1 is 1.29 bits per heavy atom. The molecule has 1 aromatic carbocycles. The van der Waals surface area contributed by atoms with Crippen LogP contribution in [0.4, 0.5) is 0 Å². The fourth-order valence-electron chi connectivity index (χ4n) is 3.39. The van der Waals surface area contributed by atoms with E-state index in [2.05, 4.69) is 10.3 Å². The summed E-state index contributed by atoms with van der Waals surface area (Å²) in [6.07, 6.45) is 3.52. The van der Waals surface area contributed by atoms with Crippen molar-refractivity contribution in [2.75, 3.05) is 26.7 Å². The summed E-state index contributed by atoms with van der Waals surface area (Å²) >= 11 is 1.52. The summed E-state index contributed by atoms with van der Waals surface area (Å²) < 4.78 is 5.68. The lowest BCUT2D eigenvalue weighted by Crippen LogP contribution is -2.39. The zero-order valence-corrected chi connectivity index (χ0v) is 18.4. The Hall–Kier alpha value is -1.63. The monoisotopic (exact) mass is 423 g/mol. The summed E-state index contributed by atoms with van der Waals surface area (Å²) in [5.41, 5.74) is 1.58. The number of hydrogen-bond acceptors (Lipinski definition) is 5. The molecule has 0 saturated carbocycles. The van der Waals surface area contributed by atoms with Crippen LogP contribution in [0.25, 0.3) is 10.6 Å². The summed E-state index contributed by atoms with van der Waals surface area (Å²) in [5, 5.41) is 5.96. The molecule has 1 amide bonds. The number of aromatic nitrogens is 1. The van der Waals surface area contributed by atoms with Crippen LogP contribution >= 0.6 is 23.7 Å². The number of hydrogen-bond donors (Lipinski definition) is 1. The Labute approximate surface area is 177 Å². The van der Waals surface area contributed by atoms with E-state index >= 15 is 0 Å². The van der Waals surface area contributed by atoms with Gasteiger partial charge in [0.15, 0.2) is 0 Å². The lowest BCUT2D eigenvalue weighted by atomic mass is 9.93. The van der Waals surface area contributed by atoms with Gasteiger partial charge in [-0.3, -0.25) is 4.79 Å². The van der Waals surface area contributed by atoms with Crippen molar-refractivity contribution in [3.63, 3.8) is 0 Å². The van der Waals surface area contributed by atoms with Gasteiger partial charge in [0.2, 0.25) is 0 Å². The van der Waals surface area contributed by atoms with E-state index in [1.807, 2.05) is 55.4 Å². The normalized spacial score (nSPS) is 14.8. The van der Waals surface area contributed by atoms with Crippen molar-refractivity contribution in [2.24, 2.45) is 5.92 Å². The number of amides is 1. The molecule has 5 nitrogen and oxygen atoms in total. The molecule has 1 aliphatic rings. The third-order valence-electron chi connectivity index (χ3n) is 4.90. The SMILES string of the molecule is CNCCC1CCN(C(=O)c2csc(-c3ccc(OC(C)C)cc3)n2)CC1.Cl. The summed E-state index contributed by atoms with van der Waals surface area (Å²) in [7, 11) is 1.99. The molecule has 7 heteroatoms. The quantitative estimate of drug-likeness (QED) is 0.713. The Kier molecular flexibility index (Phi) is 8.73. The van der Waals surface area contributed by atoms with Crippen LogP contribution in [0, 0.1) is 5.92 Å². The van der Waals surface area contributed by atoms with Gasteiger partial charge >= 0.3 is 0 Å². The molecule has 2 heterocycles. The van der Waals surface area contributed by atoms with Gasteiger partial charge in [-0.15, -0.1) is 23.7 Å². The van der Waals surface area contributed by atoms with E-state index < -0.39 is 0 Å². The number of benzene rings is 1. The van der Waals surface area contributed by atoms with Gasteiger partial charge in [-0.05, 0) is 76.9 Å². The minimum absolute atomic E-state index is 0. The average molecular weight is 424 g/mol. The molecule has 0 spiro atoms. The maximum Gasteiger partial charge on any atom is 0.273 e. The number of rotatable bonds is 7. The van der Waals surface area contributed by atoms with Crippen molar-refractivity contribution in [2.45, 2.75) is 39.2 Å². The summed E-state index contributed by atoms with van der Waals surface area (Å²) in [6, 6.07) is 7.90. The second-order valence-electron chi connectivity index (χ2n) is 7.36. The van der Waals surface area contributed by atoms with Crippen LogP contribution in [-0.2, 0) is 0 Å². The highest BCUT2D eigenvalue weighted by atomic mass is 35.5. The van der Waals surface area contributed by atoms with Gasteiger partial charge in [0.25, 0.3) is 5.91 Å². The third-order valence-corrected chi connectivity index (χ3v) is 5.79. The number of carbonyl (C=O) groups excluding carboxylic acids is 1.